The van der Waals surface area contributed by atoms with Crippen molar-refractivity contribution in [2.75, 3.05) is 11.8 Å². The molecule has 25 heavy (non-hydrogen) atoms. The Hall–Kier alpha value is -2.54. The predicted octanol–water partition coefficient (Wildman–Crippen LogP) is 3.45. The number of fused-ring (bicyclic) bond motifs is 1. The van der Waals surface area contributed by atoms with E-state index in [-0.39, 0.29) is 5.56 Å². The van der Waals surface area contributed by atoms with Gasteiger partial charge in [0.05, 0.1) is 23.9 Å². The van der Waals surface area contributed by atoms with Crippen molar-refractivity contribution in [3.63, 3.8) is 0 Å². The zero-order valence-electron chi connectivity index (χ0n) is 14.4. The highest BCUT2D eigenvalue weighted by atomic mass is 32.2. The molecular weight excluding hydrogens is 340 g/mol. The van der Waals surface area contributed by atoms with E-state index in [9.17, 15) is 13.2 Å². The van der Waals surface area contributed by atoms with Crippen molar-refractivity contribution >= 4 is 32.6 Å². The molecule has 0 spiro atoms. The van der Waals surface area contributed by atoms with Crippen LogP contribution in [0.4, 0.5) is 5.69 Å². The van der Waals surface area contributed by atoms with E-state index in [4.69, 9.17) is 4.74 Å². The number of benzene rings is 1. The van der Waals surface area contributed by atoms with E-state index in [0.717, 1.165) is 29.2 Å². The molecule has 0 aliphatic rings. The molecule has 6 nitrogen and oxygen atoms in total. The Bertz CT molecular complexity index is 926. The monoisotopic (exact) mass is 362 g/mol. The summed E-state index contributed by atoms with van der Waals surface area (Å²) in [5.74, 6) is -0.528. The molecule has 0 unspecified atom stereocenters. The topological polar surface area (TPSA) is 77.4 Å². The Labute approximate surface area is 147 Å². The number of aryl methyl sites for hydroxylation is 1. The van der Waals surface area contributed by atoms with Gasteiger partial charge >= 0.3 is 5.97 Å². The van der Waals surface area contributed by atoms with Crippen LogP contribution in [0.3, 0.4) is 0 Å². The lowest BCUT2D eigenvalue weighted by Gasteiger charge is -2.12. The lowest BCUT2D eigenvalue weighted by atomic mass is 10.1. The molecular formula is C18H22N2O4S. The van der Waals surface area contributed by atoms with E-state index in [1.807, 2.05) is 10.8 Å². The molecule has 1 aromatic carbocycles. The molecule has 0 saturated heterocycles. The van der Waals surface area contributed by atoms with Gasteiger partial charge in [-0.25, -0.2) is 13.2 Å². The molecule has 2 rings (SSSR count). The number of methoxy groups -OCH3 is 1. The molecule has 0 saturated carbocycles. The summed E-state index contributed by atoms with van der Waals surface area (Å²) < 4.78 is 33.2. The van der Waals surface area contributed by atoms with Crippen molar-refractivity contribution in [1.82, 2.24) is 4.57 Å². The van der Waals surface area contributed by atoms with Crippen molar-refractivity contribution < 1.29 is 17.9 Å². The molecule has 0 atom stereocenters. The summed E-state index contributed by atoms with van der Waals surface area (Å²) in [5, 5.41) is 1.64. The Morgan fingerprint density at radius 3 is 2.64 bits per heavy atom. The number of nitrogens with zero attached hydrogens (tertiary/aromatic N) is 1. The van der Waals surface area contributed by atoms with E-state index in [1.165, 1.54) is 13.2 Å². The van der Waals surface area contributed by atoms with Gasteiger partial charge in [-0.15, -0.1) is 6.58 Å². The molecule has 0 amide bonds. The Kier molecular flexibility index (Phi) is 5.69. The molecule has 134 valence electrons. The fourth-order valence-corrected chi connectivity index (χ4v) is 3.32. The number of anilines is 1. The molecule has 0 aliphatic carbocycles. The van der Waals surface area contributed by atoms with Crippen molar-refractivity contribution in [2.24, 2.45) is 0 Å². The quantitative estimate of drug-likeness (QED) is 0.576. The van der Waals surface area contributed by atoms with Gasteiger partial charge in [0.25, 0.3) is 10.0 Å². The average molecular weight is 362 g/mol. The predicted molar refractivity (Wildman–Crippen MR) is 100 cm³/mol. The van der Waals surface area contributed by atoms with Crippen molar-refractivity contribution in [3.05, 3.63) is 54.1 Å². The fourth-order valence-electron chi connectivity index (χ4n) is 2.77. The van der Waals surface area contributed by atoms with Gasteiger partial charge in [0.15, 0.2) is 0 Å². The van der Waals surface area contributed by atoms with Gasteiger partial charge in [-0.3, -0.25) is 4.72 Å². The molecule has 7 heteroatoms. The number of esters is 1. The summed E-state index contributed by atoms with van der Waals surface area (Å²) in [4.78, 5) is 12.0. The standard InChI is InChI=1S/C18H22N2O4S/c1-5-8-13-12-20(9-6-2)17-15(13)10-14(18(21)24-4)11-16(17)19-25(22,23)7-3/h6-7,10-12,19H,2-3,5,8-9H2,1,4H3. The Balaban J connectivity index is 2.82. The SMILES string of the molecule is C=CCn1cc(CCC)c2cc(C(=O)OC)cc(NS(=O)(=O)C=C)c21. The van der Waals surface area contributed by atoms with Gasteiger partial charge in [0, 0.05) is 23.5 Å². The van der Waals surface area contributed by atoms with E-state index >= 15 is 0 Å². The smallest absolute Gasteiger partial charge is 0.337 e. The first-order chi connectivity index (χ1) is 11.9. The Morgan fingerprint density at radius 2 is 2.08 bits per heavy atom. The molecule has 0 aliphatic heterocycles. The lowest BCUT2D eigenvalue weighted by molar-refractivity contribution is 0.0601. The highest BCUT2D eigenvalue weighted by Crippen LogP contribution is 2.32. The summed E-state index contributed by atoms with van der Waals surface area (Å²) in [5.41, 5.74) is 2.32. The van der Waals surface area contributed by atoms with Gasteiger partial charge in [0.2, 0.25) is 0 Å². The second kappa shape index (κ2) is 7.57. The maximum atomic E-state index is 12.0. The second-order valence-electron chi connectivity index (χ2n) is 5.57. The summed E-state index contributed by atoms with van der Waals surface area (Å²) >= 11 is 0. The number of rotatable bonds is 8. The number of nitrogens with one attached hydrogen (secondary N) is 1. The van der Waals surface area contributed by atoms with Crippen molar-refractivity contribution in [2.45, 2.75) is 26.3 Å². The minimum absolute atomic E-state index is 0.283. The number of allylic oxidation sites excluding steroid dienone is 1. The number of aromatic nitrogens is 1. The molecule has 0 radical (unpaired) electrons. The first-order valence-corrected chi connectivity index (χ1v) is 9.41. The number of hydrogen-bond acceptors (Lipinski definition) is 4. The zero-order chi connectivity index (χ0) is 18.6. The van der Waals surface area contributed by atoms with Crippen LogP contribution in [0.15, 0.2) is 43.0 Å². The minimum atomic E-state index is -3.73. The molecule has 1 heterocycles. The molecule has 0 fully saturated rings. The van der Waals surface area contributed by atoms with Crippen LogP contribution >= 0.6 is 0 Å². The first-order valence-electron chi connectivity index (χ1n) is 7.87. The van der Waals surface area contributed by atoms with Gasteiger partial charge in [-0.05, 0) is 24.1 Å². The largest absolute Gasteiger partial charge is 0.465 e. The van der Waals surface area contributed by atoms with E-state index in [2.05, 4.69) is 24.8 Å². The number of sulfonamides is 1. The zero-order valence-corrected chi connectivity index (χ0v) is 15.2. The van der Waals surface area contributed by atoms with Gasteiger partial charge in [0.1, 0.15) is 0 Å². The van der Waals surface area contributed by atoms with Crippen LogP contribution in [0, 0.1) is 0 Å². The van der Waals surface area contributed by atoms with Gasteiger partial charge < -0.3 is 9.30 Å². The number of carbonyl (C=O) groups excluding carboxylic acids is 1. The highest BCUT2D eigenvalue weighted by Gasteiger charge is 2.19. The van der Waals surface area contributed by atoms with Gasteiger partial charge in [-0.2, -0.15) is 0 Å². The van der Waals surface area contributed by atoms with Crippen LogP contribution in [0.25, 0.3) is 10.9 Å². The first kappa shape index (κ1) is 18.8. The van der Waals surface area contributed by atoms with Crippen LogP contribution in [0.2, 0.25) is 0 Å². The molecule has 1 aromatic heterocycles. The molecule has 2 aromatic rings. The fraction of sp³-hybridized carbons (Fsp3) is 0.278. The van der Waals surface area contributed by atoms with Crippen molar-refractivity contribution in [3.8, 4) is 0 Å². The highest BCUT2D eigenvalue weighted by molar-refractivity contribution is 7.95. The maximum absolute atomic E-state index is 12.0. The van der Waals surface area contributed by atoms with Gasteiger partial charge in [-0.1, -0.05) is 26.0 Å². The minimum Gasteiger partial charge on any atom is -0.465 e. The van der Waals surface area contributed by atoms with Crippen LogP contribution in [0.5, 0.6) is 0 Å². The molecule has 0 bridgehead atoms. The van der Waals surface area contributed by atoms with E-state index < -0.39 is 16.0 Å². The average Bonchev–Trinajstić information content (AvgIpc) is 2.92. The molecule has 1 N–H and O–H groups in total. The summed E-state index contributed by atoms with van der Waals surface area (Å²) in [6, 6.07) is 3.21. The summed E-state index contributed by atoms with van der Waals surface area (Å²) in [6.07, 6.45) is 5.42. The second-order valence-corrected chi connectivity index (χ2v) is 7.20. The van der Waals surface area contributed by atoms with Crippen LogP contribution in [-0.4, -0.2) is 26.1 Å². The van der Waals surface area contributed by atoms with Crippen LogP contribution < -0.4 is 4.72 Å². The number of carbonyl (C=O) groups is 1. The van der Waals surface area contributed by atoms with Crippen molar-refractivity contribution in [1.29, 1.82) is 0 Å². The summed E-state index contributed by atoms with van der Waals surface area (Å²) in [7, 11) is -2.44. The number of hydrogen-bond donors (Lipinski definition) is 1. The third-order valence-corrected chi connectivity index (χ3v) is 4.74. The van der Waals surface area contributed by atoms with Crippen LogP contribution in [0.1, 0.15) is 29.3 Å². The lowest BCUT2D eigenvalue weighted by Crippen LogP contribution is -2.11. The normalized spacial score (nSPS) is 11.3. The van der Waals surface area contributed by atoms with E-state index in [0.29, 0.717) is 17.7 Å². The summed E-state index contributed by atoms with van der Waals surface area (Å²) in [6.45, 7) is 9.63. The third kappa shape index (κ3) is 3.93. The van der Waals surface area contributed by atoms with Crippen LogP contribution in [-0.2, 0) is 27.7 Å². The number of ether oxygens (including phenoxy) is 1. The van der Waals surface area contributed by atoms with E-state index in [1.54, 1.807) is 12.1 Å². The Morgan fingerprint density at radius 1 is 1.36 bits per heavy atom. The maximum Gasteiger partial charge on any atom is 0.337 e. The third-order valence-electron chi connectivity index (χ3n) is 3.79.